The first kappa shape index (κ1) is 16.3. The minimum Gasteiger partial charge on any atom is -0.497 e. The fourth-order valence-electron chi connectivity index (χ4n) is 2.53. The quantitative estimate of drug-likeness (QED) is 0.714. The number of nitrogens with one attached hydrogen (secondary N) is 1. The zero-order valence-corrected chi connectivity index (χ0v) is 14.5. The molecule has 1 unspecified atom stereocenters. The Morgan fingerprint density at radius 1 is 1.33 bits per heavy atom. The van der Waals surface area contributed by atoms with Crippen molar-refractivity contribution in [2.45, 2.75) is 19.9 Å². The number of carbonyl (C=O) groups is 1. The lowest BCUT2D eigenvalue weighted by molar-refractivity contribution is -0.138. The van der Waals surface area contributed by atoms with Gasteiger partial charge in [-0.05, 0) is 30.2 Å². The van der Waals surface area contributed by atoms with Gasteiger partial charge in [0, 0.05) is 17.1 Å². The molecule has 0 amide bonds. The monoisotopic (exact) mass is 345 g/mol. The Kier molecular flexibility index (Phi) is 4.44. The minimum absolute atomic E-state index is 0.0598. The zero-order valence-electron chi connectivity index (χ0n) is 13.7. The highest BCUT2D eigenvalue weighted by atomic mass is 32.1. The number of fused-ring (bicyclic) bond motifs is 1. The Balaban J connectivity index is 2.07. The third kappa shape index (κ3) is 2.94. The van der Waals surface area contributed by atoms with Crippen molar-refractivity contribution in [3.63, 3.8) is 0 Å². The van der Waals surface area contributed by atoms with Crippen molar-refractivity contribution in [3.8, 4) is 17.0 Å². The summed E-state index contributed by atoms with van der Waals surface area (Å²) >= 11 is 1.51. The molecule has 3 aromatic rings. The largest absolute Gasteiger partial charge is 0.497 e. The molecule has 0 saturated heterocycles. The molecule has 24 heavy (non-hydrogen) atoms. The molecule has 7 heteroatoms. The van der Waals surface area contributed by atoms with E-state index in [0.717, 1.165) is 22.0 Å². The molecule has 0 spiro atoms. The Morgan fingerprint density at radius 3 is 2.62 bits per heavy atom. The van der Waals surface area contributed by atoms with Crippen LogP contribution in [0.3, 0.4) is 0 Å². The van der Waals surface area contributed by atoms with E-state index in [-0.39, 0.29) is 5.92 Å². The molecule has 1 atom stereocenters. The first-order valence-corrected chi connectivity index (χ1v) is 8.48. The number of aromatic nitrogens is 2. The van der Waals surface area contributed by atoms with Gasteiger partial charge in [0.2, 0.25) is 0 Å². The molecule has 2 N–H and O–H groups in total. The summed E-state index contributed by atoms with van der Waals surface area (Å²) in [5, 5.41) is 14.6. The molecule has 2 aromatic heterocycles. The van der Waals surface area contributed by atoms with Gasteiger partial charge in [-0.2, -0.15) is 0 Å². The summed E-state index contributed by atoms with van der Waals surface area (Å²) in [6.45, 7) is 3.76. The van der Waals surface area contributed by atoms with Gasteiger partial charge in [0.15, 0.2) is 4.96 Å². The first-order chi connectivity index (χ1) is 11.5. The third-order valence-electron chi connectivity index (χ3n) is 3.85. The van der Waals surface area contributed by atoms with Crippen molar-refractivity contribution in [3.05, 3.63) is 35.8 Å². The third-order valence-corrected chi connectivity index (χ3v) is 4.61. The molecule has 0 radical (unpaired) electrons. The number of imidazole rings is 1. The van der Waals surface area contributed by atoms with Crippen molar-refractivity contribution in [2.75, 3.05) is 12.4 Å². The standard InChI is InChI=1S/C17H19N3O3S/c1-10(2)13(16(21)22)18-15-14(19-17-20(15)8-9-24-17)11-4-6-12(23-3)7-5-11/h4-10,13,18H,1-3H3,(H,21,22). The van der Waals surface area contributed by atoms with Crippen molar-refractivity contribution in [1.29, 1.82) is 0 Å². The van der Waals surface area contributed by atoms with Crippen LogP contribution in [0.2, 0.25) is 0 Å². The van der Waals surface area contributed by atoms with E-state index in [9.17, 15) is 9.90 Å². The van der Waals surface area contributed by atoms with E-state index >= 15 is 0 Å². The number of hydrogen-bond acceptors (Lipinski definition) is 5. The lowest BCUT2D eigenvalue weighted by atomic mass is 10.0. The molecule has 0 bridgehead atoms. The van der Waals surface area contributed by atoms with Gasteiger partial charge in [-0.15, -0.1) is 11.3 Å². The molecule has 0 aliphatic rings. The van der Waals surface area contributed by atoms with Gasteiger partial charge < -0.3 is 15.2 Å². The van der Waals surface area contributed by atoms with Gasteiger partial charge >= 0.3 is 5.97 Å². The molecule has 0 aliphatic carbocycles. The maximum Gasteiger partial charge on any atom is 0.326 e. The number of nitrogens with zero attached hydrogens (tertiary/aromatic N) is 2. The Labute approximate surface area is 143 Å². The van der Waals surface area contributed by atoms with Crippen molar-refractivity contribution in [1.82, 2.24) is 9.38 Å². The molecule has 6 nitrogen and oxygen atoms in total. The van der Waals surface area contributed by atoms with Crippen molar-refractivity contribution >= 4 is 28.1 Å². The number of rotatable bonds is 6. The van der Waals surface area contributed by atoms with Crippen LogP contribution < -0.4 is 10.1 Å². The normalized spacial score (nSPS) is 12.5. The molecule has 0 aliphatic heterocycles. The van der Waals surface area contributed by atoms with Crippen LogP contribution in [-0.4, -0.2) is 33.6 Å². The summed E-state index contributed by atoms with van der Waals surface area (Å²) in [5.41, 5.74) is 1.64. The smallest absolute Gasteiger partial charge is 0.326 e. The van der Waals surface area contributed by atoms with Crippen LogP contribution in [0.1, 0.15) is 13.8 Å². The van der Waals surface area contributed by atoms with Crippen LogP contribution in [0.15, 0.2) is 35.8 Å². The van der Waals surface area contributed by atoms with Crippen LogP contribution in [0.4, 0.5) is 5.82 Å². The van der Waals surface area contributed by atoms with Gasteiger partial charge in [-0.3, -0.25) is 4.40 Å². The SMILES string of the molecule is COc1ccc(-c2nc3sccn3c2NC(C(=O)O)C(C)C)cc1. The van der Waals surface area contributed by atoms with Gasteiger partial charge in [0.05, 0.1) is 7.11 Å². The Hall–Kier alpha value is -2.54. The number of carboxylic acids is 1. The van der Waals surface area contributed by atoms with Crippen molar-refractivity contribution < 1.29 is 14.6 Å². The van der Waals surface area contributed by atoms with E-state index in [1.807, 2.05) is 54.1 Å². The number of thiazole rings is 1. The number of aliphatic carboxylic acids is 1. The van der Waals surface area contributed by atoms with Crippen LogP contribution in [0.25, 0.3) is 16.2 Å². The summed E-state index contributed by atoms with van der Waals surface area (Å²) in [6.07, 6.45) is 1.89. The number of carboxylic acid groups (broad SMARTS) is 1. The number of benzene rings is 1. The predicted molar refractivity (Wildman–Crippen MR) is 94.9 cm³/mol. The molecule has 0 fully saturated rings. The average Bonchev–Trinajstić information content (AvgIpc) is 3.13. The molecular weight excluding hydrogens is 326 g/mol. The topological polar surface area (TPSA) is 75.9 Å². The first-order valence-electron chi connectivity index (χ1n) is 7.60. The number of methoxy groups -OCH3 is 1. The summed E-state index contributed by atoms with van der Waals surface area (Å²) in [5.74, 6) is 0.517. The molecular formula is C17H19N3O3S. The number of ether oxygens (including phenoxy) is 1. The van der Waals surface area contributed by atoms with Gasteiger partial charge in [0.25, 0.3) is 0 Å². The summed E-state index contributed by atoms with van der Waals surface area (Å²) in [6, 6.07) is 6.87. The molecule has 3 rings (SSSR count). The van der Waals surface area contributed by atoms with Crippen molar-refractivity contribution in [2.24, 2.45) is 5.92 Å². The summed E-state index contributed by atoms with van der Waals surface area (Å²) in [7, 11) is 1.62. The highest BCUT2D eigenvalue weighted by Gasteiger charge is 2.25. The van der Waals surface area contributed by atoms with E-state index < -0.39 is 12.0 Å². The van der Waals surface area contributed by atoms with Crippen LogP contribution in [0.5, 0.6) is 5.75 Å². The van der Waals surface area contributed by atoms with Gasteiger partial charge in [-0.25, -0.2) is 9.78 Å². The van der Waals surface area contributed by atoms with Crippen LogP contribution in [-0.2, 0) is 4.79 Å². The molecule has 2 heterocycles. The number of anilines is 1. The predicted octanol–water partition coefficient (Wildman–Crippen LogP) is 3.59. The van der Waals surface area contributed by atoms with Gasteiger partial charge in [-0.1, -0.05) is 13.8 Å². The number of hydrogen-bond donors (Lipinski definition) is 2. The Morgan fingerprint density at radius 2 is 2.04 bits per heavy atom. The van der Waals surface area contributed by atoms with E-state index in [0.29, 0.717) is 5.82 Å². The lowest BCUT2D eigenvalue weighted by Crippen LogP contribution is -2.34. The van der Waals surface area contributed by atoms with E-state index in [1.54, 1.807) is 7.11 Å². The van der Waals surface area contributed by atoms with E-state index in [2.05, 4.69) is 10.3 Å². The van der Waals surface area contributed by atoms with E-state index in [4.69, 9.17) is 4.74 Å². The second-order valence-electron chi connectivity index (χ2n) is 5.80. The van der Waals surface area contributed by atoms with E-state index in [1.165, 1.54) is 11.3 Å². The maximum absolute atomic E-state index is 11.6. The highest BCUT2D eigenvalue weighted by molar-refractivity contribution is 7.15. The summed E-state index contributed by atoms with van der Waals surface area (Å²) < 4.78 is 7.08. The average molecular weight is 345 g/mol. The summed E-state index contributed by atoms with van der Waals surface area (Å²) in [4.78, 5) is 17.0. The highest BCUT2D eigenvalue weighted by Crippen LogP contribution is 2.32. The fraction of sp³-hybridized carbons (Fsp3) is 0.294. The zero-order chi connectivity index (χ0) is 17.3. The lowest BCUT2D eigenvalue weighted by Gasteiger charge is -2.19. The fourth-order valence-corrected chi connectivity index (χ4v) is 3.25. The van der Waals surface area contributed by atoms with Crippen LogP contribution >= 0.6 is 11.3 Å². The minimum atomic E-state index is -0.879. The Bertz CT molecular complexity index is 852. The molecule has 126 valence electrons. The van der Waals surface area contributed by atoms with Gasteiger partial charge in [0.1, 0.15) is 23.3 Å². The second-order valence-corrected chi connectivity index (χ2v) is 6.67. The second kappa shape index (κ2) is 6.52. The molecule has 1 aromatic carbocycles. The van der Waals surface area contributed by atoms with Crippen LogP contribution in [0, 0.1) is 5.92 Å². The molecule has 0 saturated carbocycles. The maximum atomic E-state index is 11.6.